The highest BCUT2D eigenvalue weighted by atomic mass is 32.1. The fourth-order valence-corrected chi connectivity index (χ4v) is 3.62. The number of hydrogen-bond donors (Lipinski definition) is 1. The zero-order valence-electron chi connectivity index (χ0n) is 17.9. The van der Waals surface area contributed by atoms with Crippen LogP contribution in [0, 0.1) is 11.8 Å². The zero-order valence-corrected chi connectivity index (χ0v) is 18.7. The molecule has 4 atom stereocenters. The van der Waals surface area contributed by atoms with Crippen molar-refractivity contribution < 1.29 is 19.1 Å². The van der Waals surface area contributed by atoms with E-state index in [0.29, 0.717) is 18.0 Å². The lowest BCUT2D eigenvalue weighted by Gasteiger charge is -2.28. The fraction of sp³-hybridized carbons (Fsp3) is 0.737. The minimum absolute atomic E-state index is 0.0667. The van der Waals surface area contributed by atoms with Crippen molar-refractivity contribution in [1.29, 1.82) is 0 Å². The van der Waals surface area contributed by atoms with Crippen molar-refractivity contribution in [3.63, 3.8) is 0 Å². The van der Waals surface area contributed by atoms with Gasteiger partial charge in [-0.25, -0.2) is 9.78 Å². The van der Waals surface area contributed by atoms with Gasteiger partial charge in [-0.05, 0) is 24.3 Å². The molecule has 9 nitrogen and oxygen atoms in total. The molecule has 0 saturated carbocycles. The van der Waals surface area contributed by atoms with Crippen LogP contribution in [0.15, 0.2) is 10.5 Å². The van der Waals surface area contributed by atoms with Gasteiger partial charge in [0.2, 0.25) is 5.91 Å². The maximum Gasteiger partial charge on any atom is 0.357 e. The predicted octanol–water partition coefficient (Wildman–Crippen LogP) is 4.26. The summed E-state index contributed by atoms with van der Waals surface area (Å²) in [4.78, 5) is 31.6. The van der Waals surface area contributed by atoms with Gasteiger partial charge in [0.25, 0.3) is 0 Å². The number of ether oxygens (including phenoxy) is 2. The SMILES string of the molecule is CCO[C@H](C[C@@H](NC(=O)C(N=[N+]=[N-])C(C)CC)C(C)C)c1nc(C(=O)OC)cs1. The number of nitrogens with one attached hydrogen (secondary N) is 1. The van der Waals surface area contributed by atoms with E-state index >= 15 is 0 Å². The molecule has 1 amide bonds. The third-order valence-electron chi connectivity index (χ3n) is 4.79. The summed E-state index contributed by atoms with van der Waals surface area (Å²) in [6, 6.07) is -0.979. The van der Waals surface area contributed by atoms with E-state index < -0.39 is 12.0 Å². The van der Waals surface area contributed by atoms with E-state index in [1.54, 1.807) is 5.38 Å². The number of aromatic nitrogens is 1. The van der Waals surface area contributed by atoms with Crippen LogP contribution >= 0.6 is 11.3 Å². The van der Waals surface area contributed by atoms with Crippen LogP contribution in [0.4, 0.5) is 0 Å². The summed E-state index contributed by atoms with van der Waals surface area (Å²) in [5.41, 5.74) is 9.06. The second-order valence-corrected chi connectivity index (χ2v) is 8.03. The van der Waals surface area contributed by atoms with Crippen LogP contribution in [0.2, 0.25) is 0 Å². The fourth-order valence-electron chi connectivity index (χ4n) is 2.78. The Bertz CT molecular complexity index is 717. The summed E-state index contributed by atoms with van der Waals surface area (Å²) in [5, 5.41) is 9.00. The van der Waals surface area contributed by atoms with Gasteiger partial charge in [0, 0.05) is 29.4 Å². The van der Waals surface area contributed by atoms with Crippen molar-refractivity contribution in [3.8, 4) is 0 Å². The largest absolute Gasteiger partial charge is 0.464 e. The maximum atomic E-state index is 12.8. The summed E-state index contributed by atoms with van der Waals surface area (Å²) in [6.45, 7) is 10.2. The number of azide groups is 1. The lowest BCUT2D eigenvalue weighted by molar-refractivity contribution is -0.124. The molecule has 0 spiro atoms. The number of nitrogens with zero attached hydrogens (tertiary/aromatic N) is 4. The van der Waals surface area contributed by atoms with Gasteiger partial charge in [0.1, 0.15) is 17.2 Å². The lowest BCUT2D eigenvalue weighted by Crippen LogP contribution is -2.46. The molecule has 0 aromatic carbocycles. The molecule has 1 heterocycles. The van der Waals surface area contributed by atoms with Gasteiger partial charge in [-0.1, -0.05) is 39.2 Å². The minimum atomic E-state index is -0.761. The number of hydrogen-bond acceptors (Lipinski definition) is 7. The Morgan fingerprint density at radius 3 is 2.55 bits per heavy atom. The van der Waals surface area contributed by atoms with Crippen molar-refractivity contribution in [2.75, 3.05) is 13.7 Å². The van der Waals surface area contributed by atoms with Crippen LogP contribution in [0.3, 0.4) is 0 Å². The molecular formula is C19H31N5O4S. The second-order valence-electron chi connectivity index (χ2n) is 7.14. The number of esters is 1. The number of carbonyl (C=O) groups excluding carboxylic acids is 2. The molecule has 0 fully saturated rings. The van der Waals surface area contributed by atoms with Crippen LogP contribution in [0.1, 0.15) is 69.1 Å². The topological polar surface area (TPSA) is 126 Å². The van der Waals surface area contributed by atoms with Crippen molar-refractivity contribution in [2.24, 2.45) is 17.0 Å². The van der Waals surface area contributed by atoms with E-state index in [-0.39, 0.29) is 35.6 Å². The molecule has 10 heteroatoms. The smallest absolute Gasteiger partial charge is 0.357 e. The number of amides is 1. The highest BCUT2D eigenvalue weighted by Gasteiger charge is 2.29. The standard InChI is InChI=1S/C19H31N5O4S/c1-7-12(5)16(23-24-20)17(25)21-13(11(3)4)9-15(28-8-2)18-22-14(10-29-18)19(26)27-6/h10-13,15-16H,7-9H2,1-6H3,(H,21,25)/t12?,13-,15-,16?/m1/s1. The van der Waals surface area contributed by atoms with Crippen molar-refractivity contribution in [2.45, 2.75) is 65.6 Å². The Kier molecular flexibility index (Phi) is 10.6. The first kappa shape index (κ1) is 24.9. The molecule has 0 aliphatic rings. The molecule has 162 valence electrons. The molecule has 2 unspecified atom stereocenters. The molecule has 0 saturated heterocycles. The summed E-state index contributed by atoms with van der Waals surface area (Å²) in [5.74, 6) is -0.740. The second kappa shape index (κ2) is 12.4. The molecule has 0 aliphatic heterocycles. The van der Waals surface area contributed by atoms with Crippen molar-refractivity contribution in [1.82, 2.24) is 10.3 Å². The van der Waals surface area contributed by atoms with Crippen LogP contribution in [-0.2, 0) is 14.3 Å². The van der Waals surface area contributed by atoms with E-state index in [1.807, 2.05) is 34.6 Å². The molecule has 0 radical (unpaired) electrons. The number of rotatable bonds is 12. The Hall–Kier alpha value is -2.16. The van der Waals surface area contributed by atoms with Crippen LogP contribution in [-0.4, -0.2) is 42.7 Å². The Labute approximate surface area is 175 Å². The van der Waals surface area contributed by atoms with Crippen LogP contribution in [0.5, 0.6) is 0 Å². The lowest BCUT2D eigenvalue weighted by atomic mass is 9.95. The molecule has 0 aliphatic carbocycles. The van der Waals surface area contributed by atoms with Gasteiger partial charge in [-0.15, -0.1) is 11.3 Å². The third kappa shape index (κ3) is 7.30. The van der Waals surface area contributed by atoms with Gasteiger partial charge in [0.05, 0.1) is 7.11 Å². The van der Waals surface area contributed by atoms with E-state index in [0.717, 1.165) is 6.42 Å². The first-order chi connectivity index (χ1) is 13.8. The van der Waals surface area contributed by atoms with Gasteiger partial charge in [-0.3, -0.25) is 4.79 Å². The summed E-state index contributed by atoms with van der Waals surface area (Å²) < 4.78 is 10.6. The van der Waals surface area contributed by atoms with E-state index in [4.69, 9.17) is 15.0 Å². The normalized spacial score (nSPS) is 15.1. The quantitative estimate of drug-likeness (QED) is 0.232. The monoisotopic (exact) mass is 425 g/mol. The molecular weight excluding hydrogens is 394 g/mol. The number of carbonyl (C=O) groups is 2. The molecule has 0 bridgehead atoms. The summed E-state index contributed by atoms with van der Waals surface area (Å²) in [7, 11) is 1.31. The summed E-state index contributed by atoms with van der Waals surface area (Å²) in [6.07, 6.45) is 0.826. The van der Waals surface area contributed by atoms with Crippen molar-refractivity contribution >= 4 is 23.2 Å². The predicted molar refractivity (Wildman–Crippen MR) is 112 cm³/mol. The number of thiazole rings is 1. The first-order valence-electron chi connectivity index (χ1n) is 9.78. The highest BCUT2D eigenvalue weighted by molar-refractivity contribution is 7.09. The van der Waals surface area contributed by atoms with Gasteiger partial charge >= 0.3 is 5.97 Å². The molecule has 1 rings (SSSR count). The van der Waals surface area contributed by atoms with Crippen molar-refractivity contribution in [3.05, 3.63) is 26.5 Å². The molecule has 1 N–H and O–H groups in total. The minimum Gasteiger partial charge on any atom is -0.464 e. The van der Waals surface area contributed by atoms with E-state index in [9.17, 15) is 9.59 Å². The average molecular weight is 426 g/mol. The molecule has 29 heavy (non-hydrogen) atoms. The molecule has 1 aromatic heterocycles. The Morgan fingerprint density at radius 1 is 1.34 bits per heavy atom. The number of methoxy groups -OCH3 is 1. The average Bonchev–Trinajstić information content (AvgIpc) is 3.19. The Morgan fingerprint density at radius 2 is 2.03 bits per heavy atom. The van der Waals surface area contributed by atoms with Gasteiger partial charge in [0.15, 0.2) is 5.69 Å². The van der Waals surface area contributed by atoms with E-state index in [1.165, 1.54) is 18.4 Å². The van der Waals surface area contributed by atoms with Crippen LogP contribution in [0.25, 0.3) is 10.4 Å². The first-order valence-corrected chi connectivity index (χ1v) is 10.7. The molecule has 1 aromatic rings. The highest BCUT2D eigenvalue weighted by Crippen LogP contribution is 2.28. The maximum absolute atomic E-state index is 12.8. The Balaban J connectivity index is 3.00. The van der Waals surface area contributed by atoms with E-state index in [2.05, 4.69) is 20.3 Å². The summed E-state index contributed by atoms with van der Waals surface area (Å²) >= 11 is 1.32. The van der Waals surface area contributed by atoms with Gasteiger partial charge < -0.3 is 14.8 Å². The van der Waals surface area contributed by atoms with Crippen LogP contribution < -0.4 is 5.32 Å². The third-order valence-corrected chi connectivity index (χ3v) is 5.72. The zero-order chi connectivity index (χ0) is 22.0. The van der Waals surface area contributed by atoms with Gasteiger partial charge in [-0.2, -0.15) is 0 Å².